The van der Waals surface area contributed by atoms with Crippen molar-refractivity contribution in [3.8, 4) is 6.07 Å². The van der Waals surface area contributed by atoms with Crippen molar-refractivity contribution >= 4 is 5.91 Å². The van der Waals surface area contributed by atoms with Crippen LogP contribution in [-0.4, -0.2) is 23.9 Å². The molecule has 1 fully saturated rings. The minimum atomic E-state index is -0.00199. The van der Waals surface area contributed by atoms with Gasteiger partial charge in [-0.25, -0.2) is 0 Å². The molecular weight excluding hydrogens is 176 g/mol. The second kappa shape index (κ2) is 4.99. The number of nitriles is 1. The van der Waals surface area contributed by atoms with Crippen LogP contribution in [0, 0.1) is 23.2 Å². The van der Waals surface area contributed by atoms with E-state index < -0.39 is 0 Å². The molecule has 1 saturated heterocycles. The molecule has 0 aromatic heterocycles. The number of rotatable bonds is 2. The Morgan fingerprint density at radius 1 is 1.64 bits per heavy atom. The van der Waals surface area contributed by atoms with Crippen LogP contribution >= 0.6 is 0 Å². The lowest BCUT2D eigenvalue weighted by atomic mass is 9.85. The third-order valence-electron chi connectivity index (χ3n) is 3.22. The third kappa shape index (κ3) is 2.47. The van der Waals surface area contributed by atoms with Gasteiger partial charge in [-0.2, -0.15) is 5.26 Å². The van der Waals surface area contributed by atoms with Gasteiger partial charge in [0.05, 0.1) is 6.07 Å². The lowest BCUT2D eigenvalue weighted by molar-refractivity contribution is -0.132. The lowest BCUT2D eigenvalue weighted by Crippen LogP contribution is -2.42. The standard InChI is InChI=1S/C11H18N2O/c1-3-10-8-13(7-5-9(10)2)11(14)4-6-12/h9-10H,3-5,7-8H2,1-2H3/t9-,10-/m1/s1. The van der Waals surface area contributed by atoms with Crippen LogP contribution in [0.15, 0.2) is 0 Å². The molecule has 0 aromatic rings. The third-order valence-corrected chi connectivity index (χ3v) is 3.22. The molecule has 0 saturated carbocycles. The maximum absolute atomic E-state index is 11.5. The van der Waals surface area contributed by atoms with E-state index in [9.17, 15) is 4.79 Å². The minimum absolute atomic E-state index is 0.00199. The predicted octanol–water partition coefficient (Wildman–Crippen LogP) is 1.79. The fourth-order valence-corrected chi connectivity index (χ4v) is 2.09. The molecule has 1 heterocycles. The SMILES string of the molecule is CC[C@@H]1CN(C(=O)CC#N)CC[C@H]1C. The van der Waals surface area contributed by atoms with Crippen LogP contribution in [-0.2, 0) is 4.79 Å². The number of hydrogen-bond acceptors (Lipinski definition) is 2. The molecule has 0 aromatic carbocycles. The number of amides is 1. The van der Waals surface area contributed by atoms with E-state index in [4.69, 9.17) is 5.26 Å². The van der Waals surface area contributed by atoms with Gasteiger partial charge in [-0.1, -0.05) is 20.3 Å². The zero-order valence-corrected chi connectivity index (χ0v) is 8.99. The van der Waals surface area contributed by atoms with Crippen molar-refractivity contribution in [1.82, 2.24) is 4.90 Å². The van der Waals surface area contributed by atoms with Gasteiger partial charge < -0.3 is 4.90 Å². The summed E-state index contributed by atoms with van der Waals surface area (Å²) in [5.74, 6) is 1.33. The predicted molar refractivity (Wildman–Crippen MR) is 54.4 cm³/mol. The molecule has 1 aliphatic heterocycles. The van der Waals surface area contributed by atoms with Crippen molar-refractivity contribution < 1.29 is 4.79 Å². The summed E-state index contributed by atoms with van der Waals surface area (Å²) in [5.41, 5.74) is 0. The highest BCUT2D eigenvalue weighted by molar-refractivity contribution is 5.78. The van der Waals surface area contributed by atoms with Gasteiger partial charge >= 0.3 is 0 Å². The second-order valence-electron chi connectivity index (χ2n) is 4.11. The van der Waals surface area contributed by atoms with E-state index in [0.717, 1.165) is 25.9 Å². The number of carbonyl (C=O) groups is 1. The Bertz CT molecular complexity index is 244. The molecule has 1 amide bonds. The fourth-order valence-electron chi connectivity index (χ4n) is 2.09. The van der Waals surface area contributed by atoms with Gasteiger partial charge in [0.2, 0.25) is 5.91 Å². The highest BCUT2D eigenvalue weighted by atomic mass is 16.2. The zero-order chi connectivity index (χ0) is 10.6. The molecule has 1 aliphatic rings. The Hall–Kier alpha value is -1.04. The summed E-state index contributed by atoms with van der Waals surface area (Å²) in [4.78, 5) is 13.3. The molecule has 0 bridgehead atoms. The van der Waals surface area contributed by atoms with Gasteiger partial charge in [0.15, 0.2) is 0 Å². The molecule has 3 heteroatoms. The summed E-state index contributed by atoms with van der Waals surface area (Å²) in [7, 11) is 0. The van der Waals surface area contributed by atoms with Gasteiger partial charge in [0, 0.05) is 13.1 Å². The number of hydrogen-bond donors (Lipinski definition) is 0. The molecule has 0 aliphatic carbocycles. The van der Waals surface area contributed by atoms with Crippen molar-refractivity contribution in [2.45, 2.75) is 33.1 Å². The molecule has 0 N–H and O–H groups in total. The summed E-state index contributed by atoms with van der Waals surface area (Å²) >= 11 is 0. The quantitative estimate of drug-likeness (QED) is 0.672. The second-order valence-corrected chi connectivity index (χ2v) is 4.11. The van der Waals surface area contributed by atoms with E-state index in [1.807, 2.05) is 11.0 Å². The van der Waals surface area contributed by atoms with Crippen LogP contribution in [0.4, 0.5) is 0 Å². The van der Waals surface area contributed by atoms with Gasteiger partial charge in [-0.15, -0.1) is 0 Å². The maximum atomic E-state index is 11.5. The van der Waals surface area contributed by atoms with Crippen LogP contribution < -0.4 is 0 Å². The maximum Gasteiger partial charge on any atom is 0.236 e. The molecule has 78 valence electrons. The summed E-state index contributed by atoms with van der Waals surface area (Å²) in [5, 5.41) is 8.44. The monoisotopic (exact) mass is 194 g/mol. The summed E-state index contributed by atoms with van der Waals surface area (Å²) in [6, 6.07) is 1.92. The number of nitrogens with zero attached hydrogens (tertiary/aromatic N) is 2. The van der Waals surface area contributed by atoms with Crippen molar-refractivity contribution in [1.29, 1.82) is 5.26 Å². The van der Waals surface area contributed by atoms with E-state index in [0.29, 0.717) is 11.8 Å². The zero-order valence-electron chi connectivity index (χ0n) is 8.99. The Kier molecular flexibility index (Phi) is 3.94. The van der Waals surface area contributed by atoms with E-state index in [1.54, 1.807) is 0 Å². The van der Waals surface area contributed by atoms with Gasteiger partial charge in [-0.3, -0.25) is 4.79 Å². The Balaban J connectivity index is 2.50. The lowest BCUT2D eigenvalue weighted by Gasteiger charge is -2.36. The van der Waals surface area contributed by atoms with E-state index in [2.05, 4.69) is 13.8 Å². The first-order chi connectivity index (χ1) is 6.69. The molecule has 0 spiro atoms. The summed E-state index contributed by atoms with van der Waals surface area (Å²) in [6.07, 6.45) is 2.23. The average molecular weight is 194 g/mol. The van der Waals surface area contributed by atoms with E-state index in [1.165, 1.54) is 0 Å². The van der Waals surface area contributed by atoms with Crippen LogP contribution in [0.2, 0.25) is 0 Å². The van der Waals surface area contributed by atoms with Crippen LogP contribution in [0.1, 0.15) is 33.1 Å². The van der Waals surface area contributed by atoms with Crippen molar-refractivity contribution in [2.75, 3.05) is 13.1 Å². The topological polar surface area (TPSA) is 44.1 Å². The molecule has 1 rings (SSSR count). The number of piperidine rings is 1. The Morgan fingerprint density at radius 3 is 2.93 bits per heavy atom. The number of carbonyl (C=O) groups excluding carboxylic acids is 1. The van der Waals surface area contributed by atoms with Crippen molar-refractivity contribution in [2.24, 2.45) is 11.8 Å². The fraction of sp³-hybridized carbons (Fsp3) is 0.818. The highest BCUT2D eigenvalue weighted by Crippen LogP contribution is 2.25. The van der Waals surface area contributed by atoms with Gasteiger partial charge in [0.25, 0.3) is 0 Å². The van der Waals surface area contributed by atoms with Crippen LogP contribution in [0.3, 0.4) is 0 Å². The molecule has 3 nitrogen and oxygen atoms in total. The van der Waals surface area contributed by atoms with Gasteiger partial charge in [0.1, 0.15) is 6.42 Å². The van der Waals surface area contributed by atoms with Crippen LogP contribution in [0.5, 0.6) is 0 Å². The average Bonchev–Trinajstić information content (AvgIpc) is 2.19. The molecule has 0 unspecified atom stereocenters. The molecule has 0 radical (unpaired) electrons. The first-order valence-corrected chi connectivity index (χ1v) is 5.33. The molecule has 14 heavy (non-hydrogen) atoms. The first kappa shape index (κ1) is 11.0. The molecule has 2 atom stereocenters. The van der Waals surface area contributed by atoms with Gasteiger partial charge in [-0.05, 0) is 18.3 Å². The van der Waals surface area contributed by atoms with E-state index >= 15 is 0 Å². The normalized spacial score (nSPS) is 27.1. The first-order valence-electron chi connectivity index (χ1n) is 5.33. The van der Waals surface area contributed by atoms with Crippen molar-refractivity contribution in [3.05, 3.63) is 0 Å². The Labute approximate surface area is 85.7 Å². The largest absolute Gasteiger partial charge is 0.342 e. The molecular formula is C11H18N2O. The van der Waals surface area contributed by atoms with Crippen LogP contribution in [0.25, 0.3) is 0 Å². The highest BCUT2D eigenvalue weighted by Gasteiger charge is 2.27. The summed E-state index contributed by atoms with van der Waals surface area (Å²) < 4.78 is 0. The summed E-state index contributed by atoms with van der Waals surface area (Å²) in [6.45, 7) is 6.09. The minimum Gasteiger partial charge on any atom is -0.342 e. The van der Waals surface area contributed by atoms with E-state index in [-0.39, 0.29) is 12.3 Å². The smallest absolute Gasteiger partial charge is 0.236 e. The van der Waals surface area contributed by atoms with Crippen molar-refractivity contribution in [3.63, 3.8) is 0 Å². The number of likely N-dealkylation sites (tertiary alicyclic amines) is 1. The Morgan fingerprint density at radius 2 is 2.36 bits per heavy atom.